The summed E-state index contributed by atoms with van der Waals surface area (Å²) in [6.45, 7) is 8.07. The van der Waals surface area contributed by atoms with E-state index < -0.39 is 0 Å². The average Bonchev–Trinajstić information content (AvgIpc) is 2.35. The van der Waals surface area contributed by atoms with E-state index in [1.807, 2.05) is 24.3 Å². The van der Waals surface area contributed by atoms with E-state index in [1.165, 1.54) is 0 Å². The fourth-order valence-corrected chi connectivity index (χ4v) is 1.37. The largest absolute Gasteiger partial charge is 0.497 e. The van der Waals surface area contributed by atoms with Gasteiger partial charge in [0, 0.05) is 18.2 Å². The van der Waals surface area contributed by atoms with Crippen molar-refractivity contribution in [1.29, 1.82) is 0 Å². The molecule has 0 radical (unpaired) electrons. The molecule has 1 aromatic carbocycles. The van der Waals surface area contributed by atoms with Crippen LogP contribution in [0.25, 0.3) is 0 Å². The maximum atomic E-state index is 5.65. The molecule has 0 atom stereocenters. The van der Waals surface area contributed by atoms with E-state index in [-0.39, 0.29) is 5.54 Å². The molecule has 0 spiro atoms. The molecule has 0 aromatic heterocycles. The van der Waals surface area contributed by atoms with Gasteiger partial charge in [-0.3, -0.25) is 0 Å². The van der Waals surface area contributed by atoms with Crippen molar-refractivity contribution in [2.75, 3.05) is 20.3 Å². The van der Waals surface area contributed by atoms with Crippen LogP contribution in [0.15, 0.2) is 24.3 Å². The molecule has 0 saturated heterocycles. The van der Waals surface area contributed by atoms with Gasteiger partial charge >= 0.3 is 0 Å². The summed E-state index contributed by atoms with van der Waals surface area (Å²) in [5.74, 6) is 1.67. The van der Waals surface area contributed by atoms with E-state index in [2.05, 4.69) is 26.1 Å². The molecule has 1 rings (SSSR count). The van der Waals surface area contributed by atoms with Crippen molar-refractivity contribution in [1.82, 2.24) is 5.32 Å². The Hall–Kier alpha value is -1.22. The molecule has 17 heavy (non-hydrogen) atoms. The Labute approximate surface area is 104 Å². The minimum atomic E-state index is 0.178. The summed E-state index contributed by atoms with van der Waals surface area (Å²) in [5.41, 5.74) is 0.178. The van der Waals surface area contributed by atoms with Gasteiger partial charge < -0.3 is 14.8 Å². The standard InChI is InChI=1S/C14H23NO2/c1-5-14(2,3)15-9-10-17-13-8-6-7-12(11-13)16-4/h6-8,11,15H,5,9-10H2,1-4H3. The van der Waals surface area contributed by atoms with Crippen LogP contribution in [0.1, 0.15) is 27.2 Å². The molecule has 96 valence electrons. The first-order valence-electron chi connectivity index (χ1n) is 6.09. The van der Waals surface area contributed by atoms with Crippen LogP contribution in [-0.4, -0.2) is 25.8 Å². The number of hydrogen-bond donors (Lipinski definition) is 1. The first-order valence-corrected chi connectivity index (χ1v) is 6.09. The lowest BCUT2D eigenvalue weighted by Crippen LogP contribution is -2.40. The summed E-state index contributed by atoms with van der Waals surface area (Å²) in [6.07, 6.45) is 1.10. The van der Waals surface area contributed by atoms with Gasteiger partial charge in [0.25, 0.3) is 0 Å². The number of benzene rings is 1. The third-order valence-electron chi connectivity index (χ3n) is 2.90. The minimum Gasteiger partial charge on any atom is -0.497 e. The summed E-state index contributed by atoms with van der Waals surface area (Å²) >= 11 is 0. The lowest BCUT2D eigenvalue weighted by Gasteiger charge is -2.24. The molecular weight excluding hydrogens is 214 g/mol. The third kappa shape index (κ3) is 5.09. The van der Waals surface area contributed by atoms with Gasteiger partial charge in [0.15, 0.2) is 0 Å². The van der Waals surface area contributed by atoms with Crippen molar-refractivity contribution in [2.45, 2.75) is 32.7 Å². The quantitative estimate of drug-likeness (QED) is 0.740. The van der Waals surface area contributed by atoms with Crippen molar-refractivity contribution in [3.63, 3.8) is 0 Å². The van der Waals surface area contributed by atoms with Gasteiger partial charge in [-0.2, -0.15) is 0 Å². The third-order valence-corrected chi connectivity index (χ3v) is 2.90. The summed E-state index contributed by atoms with van der Waals surface area (Å²) in [5, 5.41) is 3.45. The van der Waals surface area contributed by atoms with Crippen molar-refractivity contribution in [2.24, 2.45) is 0 Å². The second kappa shape index (κ2) is 6.50. The van der Waals surface area contributed by atoms with Crippen LogP contribution in [0.5, 0.6) is 11.5 Å². The molecule has 0 saturated carbocycles. The van der Waals surface area contributed by atoms with E-state index in [0.29, 0.717) is 6.61 Å². The van der Waals surface area contributed by atoms with Crippen molar-refractivity contribution < 1.29 is 9.47 Å². The highest BCUT2D eigenvalue weighted by Gasteiger charge is 2.12. The normalized spacial score (nSPS) is 11.3. The molecule has 0 fully saturated rings. The zero-order valence-electron chi connectivity index (χ0n) is 11.2. The minimum absolute atomic E-state index is 0.178. The number of nitrogens with one attached hydrogen (secondary N) is 1. The van der Waals surface area contributed by atoms with Gasteiger partial charge in [0.05, 0.1) is 7.11 Å². The molecule has 0 aliphatic rings. The summed E-state index contributed by atoms with van der Waals surface area (Å²) in [4.78, 5) is 0. The molecule has 0 aliphatic carbocycles. The van der Waals surface area contributed by atoms with Crippen LogP contribution in [0.2, 0.25) is 0 Å². The van der Waals surface area contributed by atoms with Gasteiger partial charge in [-0.25, -0.2) is 0 Å². The molecule has 1 aromatic rings. The monoisotopic (exact) mass is 237 g/mol. The SMILES string of the molecule is CCC(C)(C)NCCOc1cccc(OC)c1. The Morgan fingerprint density at radius 2 is 1.94 bits per heavy atom. The summed E-state index contributed by atoms with van der Waals surface area (Å²) < 4.78 is 10.8. The highest BCUT2D eigenvalue weighted by atomic mass is 16.5. The van der Waals surface area contributed by atoms with Gasteiger partial charge in [-0.15, -0.1) is 0 Å². The smallest absolute Gasteiger partial charge is 0.123 e. The van der Waals surface area contributed by atoms with Crippen LogP contribution in [0.4, 0.5) is 0 Å². The van der Waals surface area contributed by atoms with E-state index in [1.54, 1.807) is 7.11 Å². The fraction of sp³-hybridized carbons (Fsp3) is 0.571. The van der Waals surface area contributed by atoms with E-state index in [4.69, 9.17) is 9.47 Å². The lowest BCUT2D eigenvalue weighted by molar-refractivity contribution is 0.279. The summed E-state index contributed by atoms with van der Waals surface area (Å²) in [7, 11) is 1.66. The number of hydrogen-bond acceptors (Lipinski definition) is 3. The molecule has 0 unspecified atom stereocenters. The zero-order valence-corrected chi connectivity index (χ0v) is 11.2. The number of rotatable bonds is 7. The zero-order chi connectivity index (χ0) is 12.7. The summed E-state index contributed by atoms with van der Waals surface area (Å²) in [6, 6.07) is 7.67. The van der Waals surface area contributed by atoms with Crippen molar-refractivity contribution in [3.05, 3.63) is 24.3 Å². The van der Waals surface area contributed by atoms with E-state index >= 15 is 0 Å². The molecule has 3 nitrogen and oxygen atoms in total. The highest BCUT2D eigenvalue weighted by molar-refractivity contribution is 5.32. The van der Waals surface area contributed by atoms with E-state index in [0.717, 1.165) is 24.5 Å². The van der Waals surface area contributed by atoms with Crippen LogP contribution >= 0.6 is 0 Å². The average molecular weight is 237 g/mol. The molecule has 0 amide bonds. The van der Waals surface area contributed by atoms with Crippen molar-refractivity contribution >= 4 is 0 Å². The Bertz CT molecular complexity index is 337. The Kier molecular flexibility index (Phi) is 5.29. The first kappa shape index (κ1) is 13.8. The molecule has 0 heterocycles. The van der Waals surface area contributed by atoms with Gasteiger partial charge in [0.1, 0.15) is 18.1 Å². The Balaban J connectivity index is 2.31. The number of ether oxygens (including phenoxy) is 2. The van der Waals surface area contributed by atoms with Crippen LogP contribution in [0.3, 0.4) is 0 Å². The topological polar surface area (TPSA) is 30.5 Å². The fourth-order valence-electron chi connectivity index (χ4n) is 1.37. The van der Waals surface area contributed by atoms with Crippen LogP contribution in [-0.2, 0) is 0 Å². The number of methoxy groups -OCH3 is 1. The van der Waals surface area contributed by atoms with Crippen molar-refractivity contribution in [3.8, 4) is 11.5 Å². The molecule has 3 heteroatoms. The second-order valence-electron chi connectivity index (χ2n) is 4.69. The second-order valence-corrected chi connectivity index (χ2v) is 4.69. The van der Waals surface area contributed by atoms with Crippen LogP contribution < -0.4 is 14.8 Å². The molecule has 0 bridgehead atoms. The van der Waals surface area contributed by atoms with E-state index in [9.17, 15) is 0 Å². The van der Waals surface area contributed by atoms with Gasteiger partial charge in [-0.05, 0) is 32.4 Å². The first-order chi connectivity index (χ1) is 8.07. The molecule has 1 N–H and O–H groups in total. The predicted molar refractivity (Wildman–Crippen MR) is 70.9 cm³/mol. The van der Waals surface area contributed by atoms with Gasteiger partial charge in [0.2, 0.25) is 0 Å². The van der Waals surface area contributed by atoms with Crippen LogP contribution in [0, 0.1) is 0 Å². The molecular formula is C14H23NO2. The molecule has 0 aliphatic heterocycles. The Morgan fingerprint density at radius 1 is 1.24 bits per heavy atom. The maximum Gasteiger partial charge on any atom is 0.123 e. The lowest BCUT2D eigenvalue weighted by atomic mass is 10.0. The van der Waals surface area contributed by atoms with Gasteiger partial charge in [-0.1, -0.05) is 13.0 Å². The highest BCUT2D eigenvalue weighted by Crippen LogP contribution is 2.18. The Morgan fingerprint density at radius 3 is 2.59 bits per heavy atom. The predicted octanol–water partition coefficient (Wildman–Crippen LogP) is 2.85. The maximum absolute atomic E-state index is 5.65.